The molecule has 0 radical (unpaired) electrons. The van der Waals surface area contributed by atoms with Crippen molar-refractivity contribution in [1.29, 1.82) is 0 Å². The molecule has 0 saturated heterocycles. The van der Waals surface area contributed by atoms with E-state index < -0.39 is 0 Å². The monoisotopic (exact) mass is 402 g/mol. The topological polar surface area (TPSA) is 57.9 Å². The molecule has 0 saturated carbocycles. The van der Waals surface area contributed by atoms with Crippen molar-refractivity contribution >= 4 is 11.0 Å². The summed E-state index contributed by atoms with van der Waals surface area (Å²) in [7, 11) is 0. The zero-order chi connectivity index (χ0) is 20.9. The predicted octanol–water partition coefficient (Wildman–Crippen LogP) is 5.87. The first kappa shape index (κ1) is 19.6. The number of fused-ring (bicyclic) bond motifs is 1. The van der Waals surface area contributed by atoms with Gasteiger partial charge in [0, 0.05) is 6.07 Å². The molecule has 152 valence electrons. The summed E-state index contributed by atoms with van der Waals surface area (Å²) in [5, 5.41) is 0.421. The Morgan fingerprint density at radius 3 is 2.50 bits per heavy atom. The summed E-state index contributed by atoms with van der Waals surface area (Å²) in [6.07, 6.45) is 1.32. The van der Waals surface area contributed by atoms with Crippen LogP contribution < -0.4 is 19.6 Å². The molecule has 0 unspecified atom stereocenters. The standard InChI is InChI=1S/C25H22O5/c1-3-27-21-9-4-5-10-22(21)30-24-16-29-23-14-19(11-12-20(23)25(24)26)28-15-18-8-6-7-17(2)13-18/h4-14,16H,3,15H2,1-2H3. The maximum atomic E-state index is 12.9. The van der Waals surface area contributed by atoms with E-state index in [1.54, 1.807) is 30.3 Å². The van der Waals surface area contributed by atoms with Gasteiger partial charge in [-0.25, -0.2) is 0 Å². The van der Waals surface area contributed by atoms with Gasteiger partial charge >= 0.3 is 0 Å². The van der Waals surface area contributed by atoms with Crippen molar-refractivity contribution in [2.75, 3.05) is 6.61 Å². The number of hydrogen-bond donors (Lipinski definition) is 0. The van der Waals surface area contributed by atoms with Crippen LogP contribution in [0.25, 0.3) is 11.0 Å². The molecule has 0 spiro atoms. The number of rotatable bonds is 7. The van der Waals surface area contributed by atoms with Crippen molar-refractivity contribution in [1.82, 2.24) is 0 Å². The molecule has 0 aliphatic rings. The zero-order valence-electron chi connectivity index (χ0n) is 16.9. The fourth-order valence-electron chi connectivity index (χ4n) is 3.15. The molecule has 0 aliphatic heterocycles. The Morgan fingerprint density at radius 2 is 1.70 bits per heavy atom. The molecule has 0 bridgehead atoms. The number of ether oxygens (including phenoxy) is 3. The van der Waals surface area contributed by atoms with Gasteiger partial charge in [0.15, 0.2) is 11.5 Å². The summed E-state index contributed by atoms with van der Waals surface area (Å²) >= 11 is 0. The molecular weight excluding hydrogens is 380 g/mol. The lowest BCUT2D eigenvalue weighted by atomic mass is 10.1. The third kappa shape index (κ3) is 4.30. The largest absolute Gasteiger partial charge is 0.490 e. The summed E-state index contributed by atoms with van der Waals surface area (Å²) in [6.45, 7) is 4.87. The highest BCUT2D eigenvalue weighted by Gasteiger charge is 2.12. The van der Waals surface area contributed by atoms with Crippen LogP contribution in [-0.4, -0.2) is 6.61 Å². The van der Waals surface area contributed by atoms with E-state index in [9.17, 15) is 4.79 Å². The summed E-state index contributed by atoms with van der Waals surface area (Å²) in [5.41, 5.74) is 2.44. The Labute approximate surface area is 174 Å². The number of hydrogen-bond acceptors (Lipinski definition) is 5. The molecule has 0 aliphatic carbocycles. The van der Waals surface area contributed by atoms with Crippen LogP contribution in [0.1, 0.15) is 18.1 Å². The molecule has 5 nitrogen and oxygen atoms in total. The van der Waals surface area contributed by atoms with Crippen molar-refractivity contribution in [2.45, 2.75) is 20.5 Å². The molecule has 1 aromatic heterocycles. The normalized spacial score (nSPS) is 10.7. The quantitative estimate of drug-likeness (QED) is 0.387. The minimum Gasteiger partial charge on any atom is -0.490 e. The van der Waals surface area contributed by atoms with Gasteiger partial charge in [0.2, 0.25) is 11.2 Å². The second-order valence-electron chi connectivity index (χ2n) is 6.85. The third-order valence-corrected chi connectivity index (χ3v) is 4.57. The van der Waals surface area contributed by atoms with Crippen molar-refractivity contribution < 1.29 is 18.6 Å². The minimum atomic E-state index is -0.257. The van der Waals surface area contributed by atoms with Crippen LogP contribution in [0, 0.1) is 6.92 Å². The summed E-state index contributed by atoms with van der Waals surface area (Å²) in [6, 6.07) is 20.5. The van der Waals surface area contributed by atoms with Crippen LogP contribution in [0.15, 0.2) is 82.2 Å². The smallest absolute Gasteiger partial charge is 0.235 e. The molecule has 0 N–H and O–H groups in total. The van der Waals surface area contributed by atoms with Crippen molar-refractivity contribution in [3.8, 4) is 23.0 Å². The molecule has 0 amide bonds. The van der Waals surface area contributed by atoms with Crippen LogP contribution in [-0.2, 0) is 6.61 Å². The Bertz CT molecular complexity index is 1230. The number of aryl methyl sites for hydroxylation is 1. The highest BCUT2D eigenvalue weighted by molar-refractivity contribution is 5.79. The molecular formula is C25H22O5. The lowest BCUT2D eigenvalue weighted by molar-refractivity contribution is 0.306. The van der Waals surface area contributed by atoms with E-state index >= 15 is 0 Å². The summed E-state index contributed by atoms with van der Waals surface area (Å²) < 4.78 is 22.8. The van der Waals surface area contributed by atoms with Crippen molar-refractivity contribution in [3.05, 3.63) is 94.3 Å². The van der Waals surface area contributed by atoms with Crippen LogP contribution >= 0.6 is 0 Å². The van der Waals surface area contributed by atoms with E-state index in [0.29, 0.717) is 41.4 Å². The predicted molar refractivity (Wildman–Crippen MR) is 116 cm³/mol. The van der Waals surface area contributed by atoms with E-state index in [4.69, 9.17) is 18.6 Å². The summed E-state index contributed by atoms with van der Waals surface area (Å²) in [4.78, 5) is 12.9. The molecule has 4 aromatic rings. The lowest BCUT2D eigenvalue weighted by Crippen LogP contribution is -2.06. The van der Waals surface area contributed by atoms with Crippen LogP contribution in [0.3, 0.4) is 0 Å². The van der Waals surface area contributed by atoms with Gasteiger partial charge in [0.1, 0.15) is 24.2 Å². The molecule has 4 rings (SSSR count). The number of benzene rings is 3. The van der Waals surface area contributed by atoms with Gasteiger partial charge in [-0.2, -0.15) is 0 Å². The van der Waals surface area contributed by atoms with Gasteiger partial charge in [-0.1, -0.05) is 42.0 Å². The molecule has 0 fully saturated rings. The average Bonchev–Trinajstić information content (AvgIpc) is 2.76. The van der Waals surface area contributed by atoms with Gasteiger partial charge in [0.05, 0.1) is 12.0 Å². The second kappa shape index (κ2) is 8.74. The van der Waals surface area contributed by atoms with E-state index in [-0.39, 0.29) is 11.2 Å². The molecule has 1 heterocycles. The maximum absolute atomic E-state index is 12.9. The fraction of sp³-hybridized carbons (Fsp3) is 0.160. The average molecular weight is 402 g/mol. The Kier molecular flexibility index (Phi) is 5.70. The zero-order valence-corrected chi connectivity index (χ0v) is 16.9. The van der Waals surface area contributed by atoms with Crippen molar-refractivity contribution in [3.63, 3.8) is 0 Å². The molecule has 0 atom stereocenters. The fourth-order valence-corrected chi connectivity index (χ4v) is 3.15. The molecule has 30 heavy (non-hydrogen) atoms. The van der Waals surface area contributed by atoms with E-state index in [2.05, 4.69) is 6.07 Å². The molecule has 3 aromatic carbocycles. The first-order chi connectivity index (χ1) is 14.6. The first-order valence-corrected chi connectivity index (χ1v) is 9.77. The van der Waals surface area contributed by atoms with E-state index in [0.717, 1.165) is 5.56 Å². The van der Waals surface area contributed by atoms with Gasteiger partial charge in [-0.3, -0.25) is 4.79 Å². The third-order valence-electron chi connectivity index (χ3n) is 4.57. The van der Waals surface area contributed by atoms with Crippen LogP contribution in [0.2, 0.25) is 0 Å². The Morgan fingerprint density at radius 1 is 0.867 bits per heavy atom. The number of para-hydroxylation sites is 2. The highest BCUT2D eigenvalue weighted by Crippen LogP contribution is 2.31. The first-order valence-electron chi connectivity index (χ1n) is 9.77. The summed E-state index contributed by atoms with van der Waals surface area (Å²) in [5.74, 6) is 1.76. The van der Waals surface area contributed by atoms with Crippen molar-refractivity contribution in [2.24, 2.45) is 0 Å². The van der Waals surface area contributed by atoms with E-state index in [1.807, 2.05) is 44.2 Å². The van der Waals surface area contributed by atoms with Gasteiger partial charge in [-0.15, -0.1) is 0 Å². The SMILES string of the molecule is CCOc1ccccc1Oc1coc2cc(OCc3cccc(C)c3)ccc2c1=O. The maximum Gasteiger partial charge on any atom is 0.235 e. The Hall–Kier alpha value is -3.73. The molecule has 5 heteroatoms. The van der Waals surface area contributed by atoms with E-state index in [1.165, 1.54) is 11.8 Å². The Balaban J connectivity index is 1.56. The van der Waals surface area contributed by atoms with Gasteiger partial charge in [0.25, 0.3) is 0 Å². The van der Waals surface area contributed by atoms with Crippen LogP contribution in [0.4, 0.5) is 0 Å². The second-order valence-corrected chi connectivity index (χ2v) is 6.85. The minimum absolute atomic E-state index is 0.100. The lowest BCUT2D eigenvalue weighted by Gasteiger charge is -2.11. The van der Waals surface area contributed by atoms with Gasteiger partial charge < -0.3 is 18.6 Å². The van der Waals surface area contributed by atoms with Crippen LogP contribution in [0.5, 0.6) is 23.0 Å². The van der Waals surface area contributed by atoms with Gasteiger partial charge in [-0.05, 0) is 43.7 Å². The highest BCUT2D eigenvalue weighted by atomic mass is 16.5.